The van der Waals surface area contributed by atoms with Crippen LogP contribution in [-0.4, -0.2) is 4.98 Å². The van der Waals surface area contributed by atoms with Crippen LogP contribution in [0.25, 0.3) is 0 Å². The van der Waals surface area contributed by atoms with E-state index in [2.05, 4.69) is 4.98 Å². The molecule has 0 saturated heterocycles. The normalized spacial score (nSPS) is 12.2. The summed E-state index contributed by atoms with van der Waals surface area (Å²) in [6, 6.07) is 10.1. The van der Waals surface area contributed by atoms with Crippen molar-refractivity contribution in [1.29, 1.82) is 0 Å². The molecule has 10 heteroatoms. The highest BCUT2D eigenvalue weighted by Crippen LogP contribution is 2.40. The molecule has 0 spiro atoms. The molecule has 0 N–H and O–H groups in total. The third-order valence-corrected chi connectivity index (χ3v) is 5.29. The van der Waals surface area contributed by atoms with Crippen molar-refractivity contribution in [2.45, 2.75) is 29.2 Å². The molecule has 0 unspecified atom stereocenters. The smallest absolute Gasteiger partial charge is 0.425 e. The van der Waals surface area contributed by atoms with E-state index < -0.39 is 22.8 Å². The first-order valence-corrected chi connectivity index (χ1v) is 9.33. The number of hydrogen-bond donors (Lipinski definition) is 0. The number of benzene rings is 1. The molecular formula is C18H11F6NOS2. The summed E-state index contributed by atoms with van der Waals surface area (Å²) in [4.78, 5) is 3.70. The Kier molecular flexibility index (Phi) is 5.62. The number of alkyl halides is 6. The van der Waals surface area contributed by atoms with E-state index in [1.165, 1.54) is 24.3 Å². The van der Waals surface area contributed by atoms with Crippen molar-refractivity contribution in [3.8, 4) is 10.9 Å². The summed E-state index contributed by atoms with van der Waals surface area (Å²) in [6.07, 6.45) is -8.92. The number of ether oxygens (including phenoxy) is 1. The first kappa shape index (κ1) is 20.5. The fraction of sp³-hybridized carbons (Fsp3) is 0.167. The van der Waals surface area contributed by atoms with Gasteiger partial charge in [-0.25, -0.2) is 4.98 Å². The van der Waals surface area contributed by atoms with Crippen molar-refractivity contribution in [3.05, 3.63) is 64.5 Å². The molecule has 2 aromatic heterocycles. The quantitative estimate of drug-likeness (QED) is 0.398. The van der Waals surface area contributed by atoms with Crippen LogP contribution in [0.5, 0.6) is 10.9 Å². The molecule has 0 fully saturated rings. The third kappa shape index (κ3) is 5.20. The zero-order chi connectivity index (χ0) is 20.5. The van der Waals surface area contributed by atoms with Gasteiger partial charge in [-0.05, 0) is 48.9 Å². The van der Waals surface area contributed by atoms with Gasteiger partial charge >= 0.3 is 12.4 Å². The van der Waals surface area contributed by atoms with Gasteiger partial charge in [-0.1, -0.05) is 29.2 Å². The van der Waals surface area contributed by atoms with E-state index >= 15 is 0 Å². The van der Waals surface area contributed by atoms with E-state index in [1.54, 1.807) is 13.0 Å². The molecule has 0 radical (unpaired) electrons. The Hall–Kier alpha value is -2.20. The lowest BCUT2D eigenvalue weighted by Crippen LogP contribution is -2.04. The molecule has 0 aliphatic rings. The Bertz CT molecular complexity index is 981. The molecular weight excluding hydrogens is 424 g/mol. The van der Waals surface area contributed by atoms with Crippen molar-refractivity contribution >= 4 is 23.1 Å². The van der Waals surface area contributed by atoms with Gasteiger partial charge in [0.15, 0.2) is 5.06 Å². The molecule has 3 aromatic rings. The van der Waals surface area contributed by atoms with Gasteiger partial charge in [-0.2, -0.15) is 26.3 Å². The van der Waals surface area contributed by atoms with Crippen molar-refractivity contribution in [1.82, 2.24) is 4.98 Å². The molecule has 1 aromatic carbocycles. The lowest BCUT2D eigenvalue weighted by molar-refractivity contribution is -0.137. The summed E-state index contributed by atoms with van der Waals surface area (Å²) in [6.45, 7) is 1.72. The highest BCUT2D eigenvalue weighted by atomic mass is 32.2. The molecule has 0 amide bonds. The van der Waals surface area contributed by atoms with Gasteiger partial charge in [0.25, 0.3) is 0 Å². The highest BCUT2D eigenvalue weighted by Gasteiger charge is 2.33. The highest BCUT2D eigenvalue weighted by molar-refractivity contribution is 7.99. The van der Waals surface area contributed by atoms with Gasteiger partial charge in [-0.3, -0.25) is 0 Å². The summed E-state index contributed by atoms with van der Waals surface area (Å²) in [7, 11) is 0. The van der Waals surface area contributed by atoms with Gasteiger partial charge in [0.1, 0.15) is 9.90 Å². The SMILES string of the molecule is Cc1cc(Oc2ccc(C(F)(F)F)s2)nc(Sc2cccc(C(F)(F)F)c2)c1. The second kappa shape index (κ2) is 7.67. The molecule has 0 atom stereocenters. The van der Waals surface area contributed by atoms with Gasteiger partial charge in [0.2, 0.25) is 5.88 Å². The van der Waals surface area contributed by atoms with Gasteiger partial charge in [0.05, 0.1) is 5.56 Å². The zero-order valence-corrected chi connectivity index (χ0v) is 15.7. The second-order valence-electron chi connectivity index (χ2n) is 5.67. The van der Waals surface area contributed by atoms with Gasteiger partial charge in [-0.15, -0.1) is 0 Å². The molecule has 28 heavy (non-hydrogen) atoms. The number of aromatic nitrogens is 1. The van der Waals surface area contributed by atoms with Gasteiger partial charge in [0, 0.05) is 11.0 Å². The van der Waals surface area contributed by atoms with E-state index in [9.17, 15) is 26.3 Å². The first-order valence-electron chi connectivity index (χ1n) is 7.69. The number of thiophene rings is 1. The van der Waals surface area contributed by atoms with Gasteiger partial charge < -0.3 is 4.74 Å². The molecule has 0 aliphatic carbocycles. The minimum absolute atomic E-state index is 0.0143. The Morgan fingerprint density at radius 2 is 1.68 bits per heavy atom. The summed E-state index contributed by atoms with van der Waals surface area (Å²) in [5.74, 6) is 0.0602. The standard InChI is InChI=1S/C18H11F6NOS2/c1-10-7-14(26-16-6-5-13(28-16)18(22,23)24)25-15(8-10)27-12-4-2-3-11(9-12)17(19,20)21/h2-9H,1H3. The number of aryl methyl sites for hydroxylation is 1. The van der Waals surface area contributed by atoms with Crippen LogP contribution in [0.15, 0.2) is 58.5 Å². The Balaban J connectivity index is 1.81. The third-order valence-electron chi connectivity index (χ3n) is 3.37. The van der Waals surface area contributed by atoms with Crippen LogP contribution in [0.2, 0.25) is 0 Å². The minimum atomic E-state index is -4.46. The van der Waals surface area contributed by atoms with Crippen LogP contribution in [0.4, 0.5) is 26.3 Å². The Morgan fingerprint density at radius 1 is 0.929 bits per heavy atom. The molecule has 2 nitrogen and oxygen atoms in total. The predicted octanol–water partition coefficient (Wildman–Crippen LogP) is 7.43. The number of rotatable bonds is 4. The largest absolute Gasteiger partial charge is 0.428 e. The average molecular weight is 435 g/mol. The second-order valence-corrected chi connectivity index (χ2v) is 7.81. The maximum Gasteiger partial charge on any atom is 0.425 e. The summed E-state index contributed by atoms with van der Waals surface area (Å²) in [5.41, 5.74) is -0.0769. The van der Waals surface area contributed by atoms with Crippen molar-refractivity contribution in [2.24, 2.45) is 0 Å². The van der Waals surface area contributed by atoms with E-state index in [0.29, 0.717) is 26.8 Å². The van der Waals surface area contributed by atoms with Crippen molar-refractivity contribution in [2.75, 3.05) is 0 Å². The van der Waals surface area contributed by atoms with E-state index in [1.807, 2.05) is 0 Å². The topological polar surface area (TPSA) is 22.1 Å². The van der Waals surface area contributed by atoms with Crippen LogP contribution in [0.3, 0.4) is 0 Å². The lowest BCUT2D eigenvalue weighted by Gasteiger charge is -2.09. The van der Waals surface area contributed by atoms with Crippen LogP contribution in [0, 0.1) is 6.92 Å². The van der Waals surface area contributed by atoms with E-state index in [-0.39, 0.29) is 10.9 Å². The fourth-order valence-corrected chi connectivity index (χ4v) is 3.88. The maximum atomic E-state index is 12.8. The summed E-state index contributed by atoms with van der Waals surface area (Å²) >= 11 is 1.43. The summed E-state index contributed by atoms with van der Waals surface area (Å²) < 4.78 is 82.0. The van der Waals surface area contributed by atoms with E-state index in [0.717, 1.165) is 30.0 Å². The fourth-order valence-electron chi connectivity index (χ4n) is 2.20. The number of nitrogens with zero attached hydrogens (tertiary/aromatic N) is 1. The molecule has 3 rings (SSSR count). The molecule has 0 aliphatic heterocycles. The Labute approximate surface area is 164 Å². The molecule has 0 bridgehead atoms. The maximum absolute atomic E-state index is 12.8. The van der Waals surface area contributed by atoms with Crippen LogP contribution >= 0.6 is 23.1 Å². The number of pyridine rings is 1. The average Bonchev–Trinajstić information content (AvgIpc) is 3.02. The Morgan fingerprint density at radius 3 is 2.32 bits per heavy atom. The summed E-state index contributed by atoms with van der Waals surface area (Å²) in [5, 5.41) is 0.377. The lowest BCUT2D eigenvalue weighted by atomic mass is 10.2. The monoisotopic (exact) mass is 435 g/mol. The van der Waals surface area contributed by atoms with Crippen LogP contribution < -0.4 is 4.74 Å². The van der Waals surface area contributed by atoms with Crippen LogP contribution in [0.1, 0.15) is 16.0 Å². The predicted molar refractivity (Wildman–Crippen MR) is 93.9 cm³/mol. The van der Waals surface area contributed by atoms with Crippen LogP contribution in [-0.2, 0) is 12.4 Å². The zero-order valence-electron chi connectivity index (χ0n) is 14.1. The minimum Gasteiger partial charge on any atom is -0.428 e. The van der Waals surface area contributed by atoms with Crippen molar-refractivity contribution < 1.29 is 31.1 Å². The molecule has 148 valence electrons. The first-order chi connectivity index (χ1) is 13.0. The molecule has 0 saturated carbocycles. The molecule has 2 heterocycles. The number of halogens is 6. The van der Waals surface area contributed by atoms with E-state index in [4.69, 9.17) is 4.74 Å². The van der Waals surface area contributed by atoms with Crippen molar-refractivity contribution in [3.63, 3.8) is 0 Å². The number of hydrogen-bond acceptors (Lipinski definition) is 4.